The summed E-state index contributed by atoms with van der Waals surface area (Å²) in [6.45, 7) is 0.705. The van der Waals surface area contributed by atoms with Gasteiger partial charge in [0.2, 0.25) is 5.78 Å². The van der Waals surface area contributed by atoms with Crippen molar-refractivity contribution in [2.75, 3.05) is 33.8 Å². The van der Waals surface area contributed by atoms with Gasteiger partial charge in [-0.3, -0.25) is 24.2 Å². The van der Waals surface area contributed by atoms with Crippen molar-refractivity contribution in [1.82, 2.24) is 9.80 Å². The molecule has 43 heavy (non-hydrogen) atoms. The average molecular weight is 610 g/mol. The van der Waals surface area contributed by atoms with Crippen molar-refractivity contribution in [2.45, 2.75) is 50.0 Å². The maximum atomic E-state index is 14.7. The van der Waals surface area contributed by atoms with Crippen molar-refractivity contribution in [3.63, 3.8) is 0 Å². The standard InChI is InChI=1S/C29H34F3N3O8/c1-34(2)22-16-8-13-7-15-19(23(38)18(13)25(40)28(16,43)26(41)20(24(22)39)27(33)42)17(37)9-14(21(15)29(30,31)32)10-35-5-3-12(11-36)4-6-35/h9,12-13,16,22,36-37,39-40,43H,3-8,10-11H2,1-2H3,(H2,33,42)/t13-,16-,22-,28-/m0/s1. The third-order valence-electron chi connectivity index (χ3n) is 9.45. The van der Waals surface area contributed by atoms with E-state index < -0.39 is 98.7 Å². The summed E-state index contributed by atoms with van der Waals surface area (Å²) in [6, 6.07) is -0.371. The first-order chi connectivity index (χ1) is 20.0. The number of likely N-dealkylation sites (N-methyl/N-ethyl adjacent to an activating group) is 1. The Kier molecular flexibility index (Phi) is 7.65. The van der Waals surface area contributed by atoms with Crippen molar-refractivity contribution in [2.24, 2.45) is 23.5 Å². The van der Waals surface area contributed by atoms with Crippen LogP contribution in [-0.2, 0) is 28.7 Å². The lowest BCUT2D eigenvalue weighted by Gasteiger charge is -2.50. The Balaban J connectivity index is 1.64. The number of Topliss-reactive ketones (excluding diaryl/α,β-unsaturated/α-hetero) is 2. The molecule has 3 aliphatic carbocycles. The quantitative estimate of drug-likeness (QED) is 0.266. The normalized spacial score (nSPS) is 28.7. The number of aliphatic hydroxyl groups excluding tert-OH is 3. The Morgan fingerprint density at radius 1 is 1.16 bits per heavy atom. The summed E-state index contributed by atoms with van der Waals surface area (Å²) in [6.07, 6.45) is -4.50. The van der Waals surface area contributed by atoms with Gasteiger partial charge in [0.15, 0.2) is 11.4 Å². The molecule has 1 aliphatic heterocycles. The van der Waals surface area contributed by atoms with Gasteiger partial charge in [0.25, 0.3) is 5.91 Å². The number of likely N-dealkylation sites (tertiary alicyclic amines) is 1. The van der Waals surface area contributed by atoms with Gasteiger partial charge in [-0.1, -0.05) is 0 Å². The molecular formula is C29H34F3N3O8. The van der Waals surface area contributed by atoms with E-state index in [1.807, 2.05) is 0 Å². The summed E-state index contributed by atoms with van der Waals surface area (Å²) in [5, 5.41) is 54.1. The van der Waals surface area contributed by atoms with Gasteiger partial charge in [-0.2, -0.15) is 13.2 Å². The van der Waals surface area contributed by atoms with Crippen LogP contribution in [0.2, 0.25) is 0 Å². The van der Waals surface area contributed by atoms with E-state index in [0.29, 0.717) is 25.9 Å². The molecule has 0 saturated carbocycles. The number of hydrogen-bond acceptors (Lipinski definition) is 10. The zero-order valence-electron chi connectivity index (χ0n) is 23.6. The second kappa shape index (κ2) is 10.6. The van der Waals surface area contributed by atoms with Gasteiger partial charge in [-0.05, 0) is 81.9 Å². The number of benzene rings is 1. The molecule has 0 radical (unpaired) electrons. The van der Waals surface area contributed by atoms with Crippen LogP contribution in [0.4, 0.5) is 13.2 Å². The zero-order chi connectivity index (χ0) is 31.8. The van der Waals surface area contributed by atoms with Crippen molar-refractivity contribution in [3.8, 4) is 5.75 Å². The highest BCUT2D eigenvalue weighted by Gasteiger charge is 2.63. The number of carbonyl (C=O) groups excluding carboxylic acids is 3. The number of fused-ring (bicyclic) bond motifs is 3. The van der Waals surface area contributed by atoms with Crippen LogP contribution in [-0.4, -0.2) is 98.2 Å². The molecule has 0 aromatic heterocycles. The average Bonchev–Trinajstić information content (AvgIpc) is 2.90. The SMILES string of the molecule is CN(C)[C@@H]1C(O)=C(C(N)=O)C(=O)[C@@]2(O)C(O)=C3C(=O)c4c(O)cc(CN5CCC(CO)CC5)c(C(F)(F)F)c4C[C@H]3C[C@@H]12. The predicted molar refractivity (Wildman–Crippen MR) is 144 cm³/mol. The van der Waals surface area contributed by atoms with Crippen LogP contribution in [0.15, 0.2) is 28.7 Å². The van der Waals surface area contributed by atoms with Crippen LogP contribution in [0.3, 0.4) is 0 Å². The fourth-order valence-corrected chi connectivity index (χ4v) is 7.44. The summed E-state index contributed by atoms with van der Waals surface area (Å²) < 4.78 is 44.1. The van der Waals surface area contributed by atoms with Gasteiger partial charge >= 0.3 is 6.18 Å². The minimum absolute atomic E-state index is 0.0126. The number of ketones is 2. The number of allylic oxidation sites excluding steroid dienone is 1. The van der Waals surface area contributed by atoms with E-state index in [-0.39, 0.29) is 31.1 Å². The van der Waals surface area contributed by atoms with Gasteiger partial charge in [-0.25, -0.2) is 0 Å². The molecule has 5 rings (SSSR count). The van der Waals surface area contributed by atoms with Crippen LogP contribution in [0, 0.1) is 17.8 Å². The lowest BCUT2D eigenvalue weighted by molar-refractivity contribution is -0.148. The smallest absolute Gasteiger partial charge is 0.417 e. The molecule has 1 saturated heterocycles. The molecule has 1 aromatic carbocycles. The first kappa shape index (κ1) is 31.0. The van der Waals surface area contributed by atoms with Gasteiger partial charge in [0.05, 0.1) is 17.2 Å². The number of phenols is 1. The van der Waals surface area contributed by atoms with Crippen molar-refractivity contribution in [3.05, 3.63) is 51.0 Å². The summed E-state index contributed by atoms with van der Waals surface area (Å²) >= 11 is 0. The number of amides is 1. The number of alkyl halides is 3. The Hall–Kier alpha value is -3.46. The molecule has 14 heteroatoms. The number of primary amides is 1. The third-order valence-corrected chi connectivity index (χ3v) is 9.45. The first-order valence-corrected chi connectivity index (χ1v) is 14.0. The van der Waals surface area contributed by atoms with Crippen LogP contribution < -0.4 is 5.73 Å². The highest BCUT2D eigenvalue weighted by atomic mass is 19.4. The molecule has 0 spiro atoms. The second-order valence-corrected chi connectivity index (χ2v) is 12.1. The van der Waals surface area contributed by atoms with Crippen molar-refractivity contribution < 1.29 is 53.1 Å². The first-order valence-electron chi connectivity index (χ1n) is 14.0. The summed E-state index contributed by atoms with van der Waals surface area (Å²) in [5.74, 6) is -9.04. The Morgan fingerprint density at radius 2 is 1.79 bits per heavy atom. The van der Waals surface area contributed by atoms with E-state index in [2.05, 4.69) is 0 Å². The monoisotopic (exact) mass is 609 g/mol. The van der Waals surface area contributed by atoms with Crippen LogP contribution in [0.25, 0.3) is 0 Å². The Labute approximate surface area is 244 Å². The van der Waals surface area contributed by atoms with E-state index in [9.17, 15) is 53.1 Å². The summed E-state index contributed by atoms with van der Waals surface area (Å²) in [5.41, 5.74) is -1.51. The van der Waals surface area contributed by atoms with Gasteiger partial charge in [-0.15, -0.1) is 0 Å². The number of hydrogen-bond donors (Lipinski definition) is 6. The van der Waals surface area contributed by atoms with E-state index in [1.54, 1.807) is 4.90 Å². The highest BCUT2D eigenvalue weighted by Crippen LogP contribution is 2.54. The number of piperidine rings is 1. The molecule has 7 N–H and O–H groups in total. The van der Waals surface area contributed by atoms with E-state index in [1.165, 1.54) is 19.0 Å². The van der Waals surface area contributed by atoms with E-state index in [0.717, 1.165) is 6.07 Å². The number of nitrogens with zero attached hydrogens (tertiary/aromatic N) is 2. The number of phenolic OH excluding ortho intramolecular Hbond substituents is 1. The van der Waals surface area contributed by atoms with E-state index >= 15 is 0 Å². The maximum Gasteiger partial charge on any atom is 0.417 e. The summed E-state index contributed by atoms with van der Waals surface area (Å²) in [7, 11) is 2.92. The zero-order valence-corrected chi connectivity index (χ0v) is 23.6. The molecule has 11 nitrogen and oxygen atoms in total. The molecule has 0 bridgehead atoms. The molecule has 1 heterocycles. The molecule has 1 fully saturated rings. The van der Waals surface area contributed by atoms with E-state index in [4.69, 9.17) is 5.73 Å². The van der Waals surface area contributed by atoms with Gasteiger partial charge < -0.3 is 31.3 Å². The third kappa shape index (κ3) is 4.71. The van der Waals surface area contributed by atoms with Crippen LogP contribution in [0.1, 0.15) is 46.3 Å². The number of rotatable bonds is 5. The van der Waals surface area contributed by atoms with Gasteiger partial charge in [0.1, 0.15) is 22.8 Å². The van der Waals surface area contributed by atoms with Crippen molar-refractivity contribution >= 4 is 17.5 Å². The Bertz CT molecular complexity index is 1460. The number of nitrogens with two attached hydrogens (primary N) is 1. The molecule has 234 valence electrons. The molecule has 4 atom stereocenters. The maximum absolute atomic E-state index is 14.7. The fraction of sp³-hybridized carbons (Fsp3) is 0.552. The number of aliphatic hydroxyl groups is 4. The van der Waals surface area contributed by atoms with Gasteiger partial charge in [0, 0.05) is 24.6 Å². The topological polar surface area (TPSA) is 185 Å². The fourth-order valence-electron chi connectivity index (χ4n) is 7.44. The highest BCUT2D eigenvalue weighted by molar-refractivity contribution is 6.24. The molecule has 4 aliphatic rings. The second-order valence-electron chi connectivity index (χ2n) is 12.1. The number of aromatic hydroxyl groups is 1. The molecular weight excluding hydrogens is 575 g/mol. The van der Waals surface area contributed by atoms with Crippen LogP contribution >= 0.6 is 0 Å². The molecule has 0 unspecified atom stereocenters. The minimum Gasteiger partial charge on any atom is -0.510 e. The Morgan fingerprint density at radius 3 is 2.33 bits per heavy atom. The lowest BCUT2D eigenvalue weighted by atomic mass is 9.58. The lowest BCUT2D eigenvalue weighted by Crippen LogP contribution is -2.63. The minimum atomic E-state index is -4.92. The van der Waals surface area contributed by atoms with Crippen LogP contribution in [0.5, 0.6) is 5.75 Å². The predicted octanol–water partition coefficient (Wildman–Crippen LogP) is 1.34. The summed E-state index contributed by atoms with van der Waals surface area (Å²) in [4.78, 5) is 42.4. The number of halogens is 3. The van der Waals surface area contributed by atoms with Crippen molar-refractivity contribution in [1.29, 1.82) is 0 Å². The molecule has 1 amide bonds. The number of carbonyl (C=O) groups is 3. The largest absolute Gasteiger partial charge is 0.510 e. The molecule has 1 aromatic rings.